The Morgan fingerprint density at radius 1 is 1.38 bits per heavy atom. The molecule has 0 aromatic heterocycles. The number of ether oxygens (including phenoxy) is 1. The molecule has 0 aromatic carbocycles. The van der Waals surface area contributed by atoms with Crippen molar-refractivity contribution in [2.24, 2.45) is 0 Å². The Balaban J connectivity index is 1.98. The molecular weight excluding hydrogens is 204 g/mol. The van der Waals surface area contributed by atoms with Gasteiger partial charge in [-0.3, -0.25) is 0 Å². The van der Waals surface area contributed by atoms with Gasteiger partial charge in [0.1, 0.15) is 5.60 Å². The van der Waals surface area contributed by atoms with Gasteiger partial charge in [-0.2, -0.15) is 0 Å². The van der Waals surface area contributed by atoms with Crippen LogP contribution in [-0.2, 0) is 4.74 Å². The topological polar surface area (TPSA) is 41.6 Å². The number of nitrogens with one attached hydrogen (secondary N) is 1. The van der Waals surface area contributed by atoms with Gasteiger partial charge in [0.25, 0.3) is 0 Å². The van der Waals surface area contributed by atoms with Crippen LogP contribution in [0.3, 0.4) is 0 Å². The minimum Gasteiger partial charge on any atom is -0.444 e. The molecule has 2 atom stereocenters. The lowest BCUT2D eigenvalue weighted by molar-refractivity contribution is 0.00511. The molecule has 16 heavy (non-hydrogen) atoms. The van der Waals surface area contributed by atoms with E-state index in [1.807, 2.05) is 25.7 Å². The average molecular weight is 226 g/mol. The van der Waals surface area contributed by atoms with Crippen molar-refractivity contribution in [1.82, 2.24) is 10.2 Å². The molecule has 0 aromatic rings. The third-order valence-corrected chi connectivity index (χ3v) is 3.25. The minimum absolute atomic E-state index is 0.147. The SMILES string of the molecule is CC(C)(C)OC(=O)N1CCCCC2NCC21. The lowest BCUT2D eigenvalue weighted by atomic mass is 9.96. The minimum atomic E-state index is -0.393. The van der Waals surface area contributed by atoms with E-state index in [1.165, 1.54) is 12.8 Å². The summed E-state index contributed by atoms with van der Waals surface area (Å²) in [6.45, 7) is 7.51. The Labute approximate surface area is 97.3 Å². The molecule has 2 saturated heterocycles. The van der Waals surface area contributed by atoms with E-state index in [-0.39, 0.29) is 6.09 Å². The molecule has 2 fully saturated rings. The van der Waals surface area contributed by atoms with Crippen molar-refractivity contribution < 1.29 is 9.53 Å². The number of amides is 1. The van der Waals surface area contributed by atoms with Gasteiger partial charge in [-0.15, -0.1) is 0 Å². The van der Waals surface area contributed by atoms with Crippen LogP contribution in [0.25, 0.3) is 0 Å². The van der Waals surface area contributed by atoms with Gasteiger partial charge in [0.2, 0.25) is 0 Å². The van der Waals surface area contributed by atoms with Gasteiger partial charge in [-0.1, -0.05) is 6.42 Å². The van der Waals surface area contributed by atoms with Gasteiger partial charge in [0.05, 0.1) is 6.04 Å². The van der Waals surface area contributed by atoms with Gasteiger partial charge in [0.15, 0.2) is 0 Å². The highest BCUT2D eigenvalue weighted by Crippen LogP contribution is 2.24. The first-order valence-corrected chi connectivity index (χ1v) is 6.20. The molecule has 2 unspecified atom stereocenters. The summed E-state index contributed by atoms with van der Waals surface area (Å²) >= 11 is 0. The van der Waals surface area contributed by atoms with Gasteiger partial charge in [-0.25, -0.2) is 4.79 Å². The van der Waals surface area contributed by atoms with Crippen LogP contribution in [0, 0.1) is 0 Å². The highest BCUT2D eigenvalue weighted by atomic mass is 16.6. The summed E-state index contributed by atoms with van der Waals surface area (Å²) in [5.74, 6) is 0. The summed E-state index contributed by atoms with van der Waals surface area (Å²) < 4.78 is 5.44. The monoisotopic (exact) mass is 226 g/mol. The van der Waals surface area contributed by atoms with E-state index in [1.54, 1.807) is 0 Å². The van der Waals surface area contributed by atoms with Crippen molar-refractivity contribution >= 4 is 6.09 Å². The maximum absolute atomic E-state index is 12.0. The predicted molar refractivity (Wildman–Crippen MR) is 62.4 cm³/mol. The van der Waals surface area contributed by atoms with Crippen LogP contribution in [-0.4, -0.2) is 41.8 Å². The zero-order valence-corrected chi connectivity index (χ0v) is 10.5. The fourth-order valence-electron chi connectivity index (χ4n) is 2.37. The Kier molecular flexibility index (Phi) is 3.10. The van der Waals surface area contributed by atoms with Crippen LogP contribution in [0.2, 0.25) is 0 Å². The highest BCUT2D eigenvalue weighted by Gasteiger charge is 2.40. The molecule has 1 amide bonds. The second kappa shape index (κ2) is 4.24. The summed E-state index contributed by atoms with van der Waals surface area (Å²) in [6, 6.07) is 0.854. The number of fused-ring (bicyclic) bond motifs is 1. The number of rotatable bonds is 0. The summed E-state index contributed by atoms with van der Waals surface area (Å²) in [4.78, 5) is 13.9. The van der Waals surface area contributed by atoms with E-state index >= 15 is 0 Å². The summed E-state index contributed by atoms with van der Waals surface area (Å²) in [6.07, 6.45) is 3.33. The Morgan fingerprint density at radius 2 is 2.12 bits per heavy atom. The molecule has 4 nitrogen and oxygen atoms in total. The molecule has 1 N–H and O–H groups in total. The number of carbonyl (C=O) groups is 1. The Bertz CT molecular complexity index is 273. The standard InChI is InChI=1S/C12H22N2O2/c1-12(2,3)16-11(15)14-7-5-4-6-9-10(14)8-13-9/h9-10,13H,4-8H2,1-3H3. The largest absolute Gasteiger partial charge is 0.444 e. The average Bonchev–Trinajstić information content (AvgIpc) is 2.22. The molecule has 4 heteroatoms. The second-order valence-corrected chi connectivity index (χ2v) is 5.75. The van der Waals surface area contributed by atoms with Gasteiger partial charge >= 0.3 is 6.09 Å². The molecule has 0 saturated carbocycles. The van der Waals surface area contributed by atoms with Crippen LogP contribution in [0.4, 0.5) is 4.79 Å². The third-order valence-electron chi connectivity index (χ3n) is 3.25. The molecule has 92 valence electrons. The van der Waals surface area contributed by atoms with Crippen molar-refractivity contribution in [3.63, 3.8) is 0 Å². The highest BCUT2D eigenvalue weighted by molar-refractivity contribution is 5.69. The number of carbonyl (C=O) groups excluding carboxylic acids is 1. The maximum Gasteiger partial charge on any atom is 0.410 e. The van der Waals surface area contributed by atoms with Gasteiger partial charge < -0.3 is 15.0 Å². The zero-order chi connectivity index (χ0) is 11.8. The van der Waals surface area contributed by atoms with Crippen LogP contribution in [0.1, 0.15) is 40.0 Å². The summed E-state index contributed by atoms with van der Waals surface area (Å²) in [5, 5.41) is 3.39. The number of hydrogen-bond acceptors (Lipinski definition) is 3. The van der Waals surface area contributed by atoms with Crippen LogP contribution in [0.15, 0.2) is 0 Å². The summed E-state index contributed by atoms with van der Waals surface area (Å²) in [5.41, 5.74) is -0.393. The number of hydrogen-bond donors (Lipinski definition) is 1. The fraction of sp³-hybridized carbons (Fsp3) is 0.917. The Morgan fingerprint density at radius 3 is 2.69 bits per heavy atom. The molecule has 2 rings (SSSR count). The fourth-order valence-corrected chi connectivity index (χ4v) is 2.37. The molecule has 2 aliphatic heterocycles. The molecule has 0 spiro atoms. The first-order chi connectivity index (χ1) is 7.47. The van der Waals surface area contributed by atoms with Gasteiger partial charge in [-0.05, 0) is 33.6 Å². The van der Waals surface area contributed by atoms with Crippen molar-refractivity contribution in [1.29, 1.82) is 0 Å². The molecule has 2 heterocycles. The Hall–Kier alpha value is -0.770. The molecule has 0 radical (unpaired) electrons. The summed E-state index contributed by atoms with van der Waals surface area (Å²) in [7, 11) is 0. The van der Waals surface area contributed by atoms with E-state index in [4.69, 9.17) is 4.74 Å². The van der Waals surface area contributed by atoms with E-state index in [0.717, 1.165) is 19.5 Å². The normalized spacial score (nSPS) is 30.1. The smallest absolute Gasteiger partial charge is 0.410 e. The molecule has 0 aliphatic carbocycles. The molecular formula is C12H22N2O2. The van der Waals surface area contributed by atoms with E-state index in [2.05, 4.69) is 5.32 Å². The quantitative estimate of drug-likeness (QED) is 0.684. The van der Waals surface area contributed by atoms with E-state index in [9.17, 15) is 4.79 Å². The van der Waals surface area contributed by atoms with E-state index in [0.29, 0.717) is 12.1 Å². The third kappa shape index (κ3) is 2.48. The van der Waals surface area contributed by atoms with Gasteiger partial charge in [0, 0.05) is 19.1 Å². The van der Waals surface area contributed by atoms with Crippen molar-refractivity contribution in [3.8, 4) is 0 Å². The van der Waals surface area contributed by atoms with Crippen LogP contribution in [0.5, 0.6) is 0 Å². The lowest BCUT2D eigenvalue weighted by Crippen LogP contribution is -2.65. The molecule has 0 bridgehead atoms. The van der Waals surface area contributed by atoms with Crippen molar-refractivity contribution in [3.05, 3.63) is 0 Å². The van der Waals surface area contributed by atoms with Crippen molar-refractivity contribution in [2.75, 3.05) is 13.1 Å². The van der Waals surface area contributed by atoms with E-state index < -0.39 is 5.60 Å². The van der Waals surface area contributed by atoms with Crippen LogP contribution < -0.4 is 5.32 Å². The predicted octanol–water partition coefficient (Wildman–Crippen LogP) is 1.75. The number of likely N-dealkylation sites (tertiary alicyclic amines) is 1. The first-order valence-electron chi connectivity index (χ1n) is 6.20. The van der Waals surface area contributed by atoms with Crippen LogP contribution >= 0.6 is 0 Å². The zero-order valence-electron chi connectivity index (χ0n) is 10.5. The molecule has 2 aliphatic rings. The lowest BCUT2D eigenvalue weighted by Gasteiger charge is -2.43. The van der Waals surface area contributed by atoms with Crippen molar-refractivity contribution in [2.45, 2.75) is 57.7 Å². The first kappa shape index (κ1) is 11.7. The maximum atomic E-state index is 12.0. The number of nitrogens with zero attached hydrogens (tertiary/aromatic N) is 1. The second-order valence-electron chi connectivity index (χ2n) is 5.75.